The van der Waals surface area contributed by atoms with Crippen LogP contribution in [0.25, 0.3) is 10.4 Å². The Labute approximate surface area is 224 Å². The predicted molar refractivity (Wildman–Crippen MR) is 132 cm³/mol. The summed E-state index contributed by atoms with van der Waals surface area (Å²) in [4.78, 5) is 35.2. The number of thiazole rings is 1. The van der Waals surface area contributed by atoms with Gasteiger partial charge in [0.1, 0.15) is 11.5 Å². The molecule has 3 rings (SSSR count). The van der Waals surface area contributed by atoms with Gasteiger partial charge >= 0.3 is 12.4 Å². The molecule has 0 spiro atoms. The summed E-state index contributed by atoms with van der Waals surface area (Å²) in [6.07, 6.45) is -7.70. The lowest BCUT2D eigenvalue weighted by Gasteiger charge is -2.26. The maximum Gasteiger partial charge on any atom is 0.418 e. The van der Waals surface area contributed by atoms with E-state index in [2.05, 4.69) is 15.3 Å². The molecule has 0 bridgehead atoms. The molecule has 1 saturated heterocycles. The summed E-state index contributed by atoms with van der Waals surface area (Å²) < 4.78 is 81.6. The fourth-order valence-corrected chi connectivity index (χ4v) is 4.86. The van der Waals surface area contributed by atoms with Crippen molar-refractivity contribution in [3.8, 4) is 10.4 Å². The average molecular weight is 582 g/mol. The number of alkyl halides is 6. The molecule has 1 aliphatic heterocycles. The van der Waals surface area contributed by atoms with Crippen molar-refractivity contribution in [2.24, 2.45) is 0 Å². The van der Waals surface area contributed by atoms with E-state index in [0.29, 0.717) is 37.6 Å². The Balaban J connectivity index is 2.11. The first kappa shape index (κ1) is 30.6. The number of nitrogens with zero attached hydrogens (tertiary/aromatic N) is 3. The smallest absolute Gasteiger partial charge is 0.379 e. The van der Waals surface area contributed by atoms with Crippen molar-refractivity contribution < 1.29 is 41.0 Å². The molecule has 0 aromatic carbocycles. The molecule has 2 atom stereocenters. The number of halogens is 6. The molecule has 2 aromatic rings. The standard InChI is InChI=1S/C24H29F6N5O3S/c1-12-7-6-8-35(12)20(37)16-17(39-19(33-16)18(36)32-11-22(5,38)24(28,29)30)13-10-31-15(34-21(2,3)4)9-14(13)23(25,26)27/h9-10,12,38H,6-8,11H2,1-5H3,(H,31,34)(H,32,36)/t12-,22?/m0/s1. The number of aromatic nitrogens is 2. The van der Waals surface area contributed by atoms with Crippen molar-refractivity contribution in [1.82, 2.24) is 20.2 Å². The van der Waals surface area contributed by atoms with Gasteiger partial charge in [-0.3, -0.25) is 9.59 Å². The summed E-state index contributed by atoms with van der Waals surface area (Å²) in [5.41, 5.74) is -5.96. The molecular formula is C24H29F6N5O3S. The highest BCUT2D eigenvalue weighted by molar-refractivity contribution is 7.17. The van der Waals surface area contributed by atoms with E-state index < -0.39 is 63.7 Å². The minimum atomic E-state index is -5.06. The lowest BCUT2D eigenvalue weighted by molar-refractivity contribution is -0.249. The molecule has 3 N–H and O–H groups in total. The molecular weight excluding hydrogens is 552 g/mol. The molecule has 39 heavy (non-hydrogen) atoms. The molecule has 0 saturated carbocycles. The minimum Gasteiger partial charge on any atom is -0.379 e. The van der Waals surface area contributed by atoms with Crippen LogP contribution >= 0.6 is 11.3 Å². The van der Waals surface area contributed by atoms with Crippen molar-refractivity contribution in [3.63, 3.8) is 0 Å². The lowest BCUT2D eigenvalue weighted by Crippen LogP contribution is -2.51. The second kappa shape index (κ2) is 10.6. The van der Waals surface area contributed by atoms with E-state index in [1.54, 1.807) is 27.7 Å². The Morgan fingerprint density at radius 3 is 2.31 bits per heavy atom. The van der Waals surface area contributed by atoms with E-state index in [4.69, 9.17) is 0 Å². The minimum absolute atomic E-state index is 0.0727. The SMILES string of the molecule is C[C@H]1CCCN1C(=O)c1nc(C(=O)NCC(C)(O)C(F)(F)F)sc1-c1cnc(NC(C)(C)C)cc1C(F)(F)F. The Morgan fingerprint density at radius 1 is 1.15 bits per heavy atom. The third kappa shape index (κ3) is 6.99. The topological polar surface area (TPSA) is 107 Å². The second-order valence-corrected chi connectivity index (χ2v) is 11.6. The average Bonchev–Trinajstić information content (AvgIpc) is 3.41. The number of likely N-dealkylation sites (tertiary alicyclic amines) is 1. The summed E-state index contributed by atoms with van der Waals surface area (Å²) in [5, 5.41) is 13.8. The van der Waals surface area contributed by atoms with E-state index in [1.165, 1.54) is 4.90 Å². The molecule has 1 fully saturated rings. The first-order valence-corrected chi connectivity index (χ1v) is 12.8. The van der Waals surface area contributed by atoms with Gasteiger partial charge in [-0.1, -0.05) is 0 Å². The summed E-state index contributed by atoms with van der Waals surface area (Å²) in [7, 11) is 0. The van der Waals surface area contributed by atoms with Gasteiger partial charge in [0.2, 0.25) is 0 Å². The number of hydrogen-bond donors (Lipinski definition) is 3. The van der Waals surface area contributed by atoms with Crippen molar-refractivity contribution >= 4 is 29.0 Å². The number of rotatable bonds is 6. The number of anilines is 1. The molecule has 8 nitrogen and oxygen atoms in total. The lowest BCUT2D eigenvalue weighted by atomic mass is 10.1. The Hall–Kier alpha value is -2.94. The van der Waals surface area contributed by atoms with Gasteiger partial charge in [-0.25, -0.2) is 9.97 Å². The van der Waals surface area contributed by atoms with Crippen molar-refractivity contribution in [1.29, 1.82) is 0 Å². The Bertz CT molecular complexity index is 1240. The van der Waals surface area contributed by atoms with Gasteiger partial charge < -0.3 is 20.6 Å². The van der Waals surface area contributed by atoms with Crippen LogP contribution in [0.15, 0.2) is 12.3 Å². The largest absolute Gasteiger partial charge is 0.418 e. The molecule has 0 aliphatic carbocycles. The molecule has 1 unspecified atom stereocenters. The maximum absolute atomic E-state index is 14.2. The summed E-state index contributed by atoms with van der Waals surface area (Å²) in [6, 6.07) is 0.553. The zero-order valence-electron chi connectivity index (χ0n) is 21.8. The number of amides is 2. The van der Waals surface area contributed by atoms with Crippen molar-refractivity contribution in [2.75, 3.05) is 18.4 Å². The highest BCUT2D eigenvalue weighted by atomic mass is 32.1. The summed E-state index contributed by atoms with van der Waals surface area (Å²) in [5.74, 6) is -1.97. The van der Waals surface area contributed by atoms with Gasteiger partial charge in [0.15, 0.2) is 10.6 Å². The summed E-state index contributed by atoms with van der Waals surface area (Å²) in [6.45, 7) is 6.50. The van der Waals surface area contributed by atoms with Crippen molar-refractivity contribution in [2.45, 2.75) is 77.0 Å². The van der Waals surface area contributed by atoms with Crippen LogP contribution in [0.5, 0.6) is 0 Å². The molecule has 216 valence electrons. The first-order valence-electron chi connectivity index (χ1n) is 12.0. The molecule has 3 heterocycles. The van der Waals surface area contributed by atoms with Gasteiger partial charge in [-0.2, -0.15) is 26.3 Å². The molecule has 2 amide bonds. The number of carbonyl (C=O) groups excluding carboxylic acids is 2. The molecule has 0 radical (unpaired) electrons. The van der Waals surface area contributed by atoms with Gasteiger partial charge in [0.25, 0.3) is 11.8 Å². The summed E-state index contributed by atoms with van der Waals surface area (Å²) >= 11 is 0.422. The van der Waals surface area contributed by atoms with Crippen molar-refractivity contribution in [3.05, 3.63) is 28.5 Å². The molecule has 1 aliphatic rings. The van der Waals surface area contributed by atoms with E-state index in [1.807, 2.05) is 5.32 Å². The first-order chi connectivity index (χ1) is 17.7. The number of nitrogens with one attached hydrogen (secondary N) is 2. The van der Waals surface area contributed by atoms with Crippen LogP contribution in [0.1, 0.15) is 73.3 Å². The third-order valence-electron chi connectivity index (χ3n) is 6.00. The van der Waals surface area contributed by atoms with Crippen LogP contribution in [0.3, 0.4) is 0 Å². The quantitative estimate of drug-likeness (QED) is 0.410. The monoisotopic (exact) mass is 581 g/mol. The van der Waals surface area contributed by atoms with Gasteiger partial charge in [-0.05, 0) is 53.5 Å². The van der Waals surface area contributed by atoms with Gasteiger partial charge in [0, 0.05) is 29.9 Å². The number of pyridine rings is 1. The van der Waals surface area contributed by atoms with Crippen LogP contribution in [0.4, 0.5) is 32.2 Å². The highest BCUT2D eigenvalue weighted by Crippen LogP contribution is 2.42. The number of carbonyl (C=O) groups is 2. The Morgan fingerprint density at radius 2 is 1.79 bits per heavy atom. The van der Waals surface area contributed by atoms with Crippen LogP contribution < -0.4 is 10.6 Å². The second-order valence-electron chi connectivity index (χ2n) is 10.6. The fraction of sp³-hybridized carbons (Fsp3) is 0.583. The third-order valence-corrected chi connectivity index (χ3v) is 7.09. The highest BCUT2D eigenvalue weighted by Gasteiger charge is 2.50. The molecule has 2 aromatic heterocycles. The van der Waals surface area contributed by atoms with Crippen LogP contribution in [-0.2, 0) is 6.18 Å². The van der Waals surface area contributed by atoms with Crippen LogP contribution in [0.2, 0.25) is 0 Å². The van der Waals surface area contributed by atoms with Gasteiger partial charge in [-0.15, -0.1) is 11.3 Å². The zero-order valence-corrected chi connectivity index (χ0v) is 22.7. The molecule has 15 heteroatoms. The number of hydrogen-bond acceptors (Lipinski definition) is 7. The fourth-order valence-electron chi connectivity index (χ4n) is 3.87. The van der Waals surface area contributed by atoms with Crippen LogP contribution in [0, 0.1) is 0 Å². The van der Waals surface area contributed by atoms with E-state index in [0.717, 1.165) is 12.3 Å². The van der Waals surface area contributed by atoms with E-state index in [-0.39, 0.29) is 16.7 Å². The van der Waals surface area contributed by atoms with Crippen LogP contribution in [-0.4, -0.2) is 68.2 Å². The normalized spacial score (nSPS) is 18.2. The Kier molecular flexibility index (Phi) is 8.29. The van der Waals surface area contributed by atoms with E-state index in [9.17, 15) is 41.0 Å². The van der Waals surface area contributed by atoms with Gasteiger partial charge in [0.05, 0.1) is 17.0 Å². The number of aliphatic hydroxyl groups is 1. The maximum atomic E-state index is 14.2. The zero-order chi connectivity index (χ0) is 29.6. The van der Waals surface area contributed by atoms with E-state index >= 15 is 0 Å². The predicted octanol–water partition coefficient (Wildman–Crippen LogP) is 5.10.